The molecular formula is C21H26F2N4O2. The van der Waals surface area contributed by atoms with Gasteiger partial charge in [0.25, 0.3) is 5.91 Å². The van der Waals surface area contributed by atoms with Gasteiger partial charge in [0.2, 0.25) is 0 Å². The van der Waals surface area contributed by atoms with E-state index in [-0.39, 0.29) is 11.7 Å². The first-order chi connectivity index (χ1) is 13.9. The molecule has 0 radical (unpaired) electrons. The molecule has 0 fully saturated rings. The van der Waals surface area contributed by atoms with Crippen LogP contribution < -0.4 is 15.4 Å². The summed E-state index contributed by atoms with van der Waals surface area (Å²) in [7, 11) is 3.50. The van der Waals surface area contributed by atoms with E-state index >= 15 is 0 Å². The van der Waals surface area contributed by atoms with Gasteiger partial charge in [0.05, 0.1) is 6.54 Å². The number of nitrogens with one attached hydrogen (secondary N) is 2. The fourth-order valence-corrected chi connectivity index (χ4v) is 2.67. The standard InChI is InChI=1S/C21H26F2N4O2/c1-4-25-21(26-13-15-5-9-17(10-6-15)19(28)24-2)27(3)14-16-7-11-18(12-8-16)29-20(22)23/h5-12,20H,4,13-14H2,1-3H3,(H,24,28)(H,25,26). The number of aliphatic imine (C=N–C) groups is 1. The van der Waals surface area contributed by atoms with Crippen LogP contribution in [0.4, 0.5) is 8.78 Å². The lowest BCUT2D eigenvalue weighted by atomic mass is 10.1. The Morgan fingerprint density at radius 3 is 2.28 bits per heavy atom. The second-order valence-electron chi connectivity index (χ2n) is 6.32. The number of guanidine groups is 1. The van der Waals surface area contributed by atoms with Crippen molar-refractivity contribution in [3.8, 4) is 5.75 Å². The van der Waals surface area contributed by atoms with Gasteiger partial charge in [0, 0.05) is 32.7 Å². The van der Waals surface area contributed by atoms with Gasteiger partial charge in [0.15, 0.2) is 5.96 Å². The van der Waals surface area contributed by atoms with Crippen molar-refractivity contribution < 1.29 is 18.3 Å². The van der Waals surface area contributed by atoms with Crippen molar-refractivity contribution in [2.45, 2.75) is 26.6 Å². The Balaban J connectivity index is 2.02. The molecule has 29 heavy (non-hydrogen) atoms. The molecule has 1 amide bonds. The number of hydrogen-bond donors (Lipinski definition) is 2. The van der Waals surface area contributed by atoms with E-state index in [2.05, 4.69) is 20.4 Å². The van der Waals surface area contributed by atoms with Crippen LogP contribution in [0, 0.1) is 0 Å². The second-order valence-corrected chi connectivity index (χ2v) is 6.32. The fraction of sp³-hybridized carbons (Fsp3) is 0.333. The van der Waals surface area contributed by atoms with Gasteiger partial charge in [-0.25, -0.2) is 4.99 Å². The lowest BCUT2D eigenvalue weighted by molar-refractivity contribution is -0.0498. The molecule has 0 aliphatic carbocycles. The molecule has 0 saturated carbocycles. The summed E-state index contributed by atoms with van der Waals surface area (Å²) in [6.07, 6.45) is 0. The molecule has 0 aliphatic rings. The first kappa shape index (κ1) is 22.1. The number of halogens is 2. The summed E-state index contributed by atoms with van der Waals surface area (Å²) >= 11 is 0. The molecule has 6 nitrogen and oxygen atoms in total. The molecule has 2 N–H and O–H groups in total. The van der Waals surface area contributed by atoms with Crippen LogP contribution in [-0.2, 0) is 13.1 Å². The van der Waals surface area contributed by atoms with Crippen molar-refractivity contribution in [1.82, 2.24) is 15.5 Å². The molecule has 0 aromatic heterocycles. The minimum Gasteiger partial charge on any atom is -0.435 e. The summed E-state index contributed by atoms with van der Waals surface area (Å²) in [5.41, 5.74) is 2.52. The van der Waals surface area contributed by atoms with Gasteiger partial charge in [0.1, 0.15) is 5.75 Å². The van der Waals surface area contributed by atoms with Gasteiger partial charge >= 0.3 is 6.61 Å². The summed E-state index contributed by atoms with van der Waals surface area (Å²) in [5, 5.41) is 5.83. The Kier molecular flexibility index (Phi) is 8.39. The van der Waals surface area contributed by atoms with Crippen LogP contribution in [0.3, 0.4) is 0 Å². The van der Waals surface area contributed by atoms with Crippen molar-refractivity contribution in [2.24, 2.45) is 4.99 Å². The summed E-state index contributed by atoms with van der Waals surface area (Å²) < 4.78 is 28.9. The summed E-state index contributed by atoms with van der Waals surface area (Å²) in [4.78, 5) is 18.2. The first-order valence-electron chi connectivity index (χ1n) is 9.27. The quantitative estimate of drug-likeness (QED) is 0.524. The fourth-order valence-electron chi connectivity index (χ4n) is 2.67. The van der Waals surface area contributed by atoms with Crippen molar-refractivity contribution in [1.29, 1.82) is 0 Å². The molecule has 8 heteroatoms. The third kappa shape index (κ3) is 7.06. The Labute approximate surface area is 169 Å². The Morgan fingerprint density at radius 2 is 1.72 bits per heavy atom. The number of carbonyl (C=O) groups is 1. The van der Waals surface area contributed by atoms with Crippen molar-refractivity contribution in [2.75, 3.05) is 20.6 Å². The topological polar surface area (TPSA) is 66.0 Å². The third-order valence-corrected chi connectivity index (χ3v) is 4.12. The van der Waals surface area contributed by atoms with E-state index in [1.807, 2.05) is 31.0 Å². The van der Waals surface area contributed by atoms with E-state index in [9.17, 15) is 13.6 Å². The molecule has 0 bridgehead atoms. The van der Waals surface area contributed by atoms with Crippen LogP contribution in [0.2, 0.25) is 0 Å². The van der Waals surface area contributed by atoms with Crippen molar-refractivity contribution in [3.05, 3.63) is 65.2 Å². The molecule has 0 atom stereocenters. The van der Waals surface area contributed by atoms with Gasteiger partial charge in [-0.15, -0.1) is 0 Å². The number of rotatable bonds is 8. The molecule has 0 saturated heterocycles. The van der Waals surface area contributed by atoms with Gasteiger partial charge < -0.3 is 20.3 Å². The number of hydrogen-bond acceptors (Lipinski definition) is 3. The van der Waals surface area contributed by atoms with E-state index in [1.54, 1.807) is 31.3 Å². The number of nitrogens with zero attached hydrogens (tertiary/aromatic N) is 2. The van der Waals surface area contributed by atoms with Crippen LogP contribution in [0.25, 0.3) is 0 Å². The minimum atomic E-state index is -2.83. The van der Waals surface area contributed by atoms with E-state index in [0.29, 0.717) is 25.2 Å². The molecule has 2 aromatic rings. The normalized spacial score (nSPS) is 11.3. The van der Waals surface area contributed by atoms with Crippen LogP contribution in [0.15, 0.2) is 53.5 Å². The van der Waals surface area contributed by atoms with Crippen LogP contribution in [-0.4, -0.2) is 44.0 Å². The largest absolute Gasteiger partial charge is 0.435 e. The number of amides is 1. The zero-order valence-corrected chi connectivity index (χ0v) is 16.8. The average molecular weight is 404 g/mol. The second kappa shape index (κ2) is 11.0. The average Bonchev–Trinajstić information content (AvgIpc) is 2.72. The monoisotopic (exact) mass is 404 g/mol. The van der Waals surface area contributed by atoms with Gasteiger partial charge in [-0.3, -0.25) is 4.79 Å². The molecule has 0 aliphatic heterocycles. The van der Waals surface area contributed by atoms with E-state index in [1.165, 1.54) is 12.1 Å². The van der Waals surface area contributed by atoms with Crippen molar-refractivity contribution >= 4 is 11.9 Å². The zero-order chi connectivity index (χ0) is 21.2. The Bertz CT molecular complexity index is 808. The molecule has 2 rings (SSSR count). The first-order valence-corrected chi connectivity index (χ1v) is 9.27. The number of alkyl halides is 2. The lowest BCUT2D eigenvalue weighted by Gasteiger charge is -2.22. The Morgan fingerprint density at radius 1 is 1.10 bits per heavy atom. The van der Waals surface area contributed by atoms with Gasteiger partial charge in [-0.1, -0.05) is 24.3 Å². The highest BCUT2D eigenvalue weighted by molar-refractivity contribution is 5.93. The summed E-state index contributed by atoms with van der Waals surface area (Å²) in [5.74, 6) is 0.723. The lowest BCUT2D eigenvalue weighted by Crippen LogP contribution is -2.38. The number of benzene rings is 2. The highest BCUT2D eigenvalue weighted by Gasteiger charge is 2.09. The Hall–Kier alpha value is -3.16. The molecule has 0 heterocycles. The highest BCUT2D eigenvalue weighted by atomic mass is 19.3. The number of carbonyl (C=O) groups excluding carboxylic acids is 1. The molecule has 0 unspecified atom stereocenters. The van der Waals surface area contributed by atoms with Crippen molar-refractivity contribution in [3.63, 3.8) is 0 Å². The maximum absolute atomic E-state index is 12.3. The van der Waals surface area contributed by atoms with Gasteiger partial charge in [-0.05, 0) is 42.3 Å². The third-order valence-electron chi connectivity index (χ3n) is 4.12. The molecular weight excluding hydrogens is 378 g/mol. The maximum atomic E-state index is 12.3. The van der Waals surface area contributed by atoms with Crippen LogP contribution >= 0.6 is 0 Å². The summed E-state index contributed by atoms with van der Waals surface area (Å²) in [6, 6.07) is 13.8. The maximum Gasteiger partial charge on any atom is 0.387 e. The van der Waals surface area contributed by atoms with E-state index in [0.717, 1.165) is 17.1 Å². The van der Waals surface area contributed by atoms with Crippen LogP contribution in [0.5, 0.6) is 5.75 Å². The molecule has 0 spiro atoms. The minimum absolute atomic E-state index is 0.127. The smallest absolute Gasteiger partial charge is 0.387 e. The predicted octanol–water partition coefficient (Wildman–Crippen LogP) is 3.25. The summed E-state index contributed by atoms with van der Waals surface area (Å²) in [6.45, 7) is 0.873. The van der Waals surface area contributed by atoms with Gasteiger partial charge in [-0.2, -0.15) is 8.78 Å². The number of ether oxygens (including phenoxy) is 1. The van der Waals surface area contributed by atoms with E-state index in [4.69, 9.17) is 0 Å². The SMILES string of the molecule is CCNC(=NCc1ccc(C(=O)NC)cc1)N(C)Cc1ccc(OC(F)F)cc1. The van der Waals surface area contributed by atoms with Crippen LogP contribution in [0.1, 0.15) is 28.4 Å². The zero-order valence-electron chi connectivity index (χ0n) is 16.8. The van der Waals surface area contributed by atoms with E-state index < -0.39 is 6.61 Å². The molecule has 2 aromatic carbocycles. The highest BCUT2D eigenvalue weighted by Crippen LogP contribution is 2.16. The molecule has 156 valence electrons. The predicted molar refractivity (Wildman–Crippen MR) is 109 cm³/mol.